The average molecular weight is 542 g/mol. The summed E-state index contributed by atoms with van der Waals surface area (Å²) >= 11 is 0. The smallest absolute Gasteiger partial charge is 0.822 e. The van der Waals surface area contributed by atoms with Crippen molar-refractivity contribution in [3.63, 3.8) is 0 Å². The van der Waals surface area contributed by atoms with Gasteiger partial charge in [-0.2, -0.15) is 7.82 Å². The van der Waals surface area contributed by atoms with Crippen LogP contribution in [0, 0.1) is 0 Å². The van der Waals surface area contributed by atoms with Crippen molar-refractivity contribution in [1.82, 2.24) is 0 Å². The van der Waals surface area contributed by atoms with Gasteiger partial charge in [0.25, 0.3) is 0 Å². The van der Waals surface area contributed by atoms with Crippen LogP contribution in [0.1, 0.15) is 0 Å². The van der Waals surface area contributed by atoms with Gasteiger partial charge >= 0.3 is 88.7 Å². The van der Waals surface area contributed by atoms with Crippen LogP contribution in [0.25, 0.3) is 0 Å². The molecule has 0 aromatic heterocycles. The van der Waals surface area contributed by atoms with Crippen molar-refractivity contribution in [3.8, 4) is 0 Å². The SMILES string of the molecule is O.O.O.O.O.O.O.O.O.O.O.O.O.O.O.O.O.O.O.O.O.O=P([O-])([O-])[O-].[Na+].[Na+].[Na+]. The zero-order valence-corrected chi connectivity index (χ0v) is 22.5. The summed E-state index contributed by atoms with van der Waals surface area (Å²) < 4.78 is 8.55. The van der Waals surface area contributed by atoms with Crippen molar-refractivity contribution in [2.45, 2.75) is 0 Å². The molecule has 0 amide bonds. The summed E-state index contributed by atoms with van der Waals surface area (Å²) in [4.78, 5) is 25.6. The molecule has 0 radical (unpaired) electrons. The van der Waals surface area contributed by atoms with E-state index in [-0.39, 0.29) is 204 Å². The molecule has 0 rings (SSSR count). The van der Waals surface area contributed by atoms with Crippen LogP contribution in [-0.2, 0) is 4.57 Å². The Bertz CT molecular complexity index is 66.2. The van der Waals surface area contributed by atoms with Crippen LogP contribution < -0.4 is 103 Å². The van der Waals surface area contributed by atoms with Gasteiger partial charge in [-0.1, -0.05) is 0 Å². The molecule has 25 nitrogen and oxygen atoms in total. The summed E-state index contributed by atoms with van der Waals surface area (Å²) in [5.41, 5.74) is 0. The minimum Gasteiger partial charge on any atom is -0.822 e. The first-order valence-corrected chi connectivity index (χ1v) is 2.19. The Morgan fingerprint density at radius 2 is 0.276 bits per heavy atom. The zero-order chi connectivity index (χ0) is 4.50. The molecule has 0 atom stereocenters. The molecular weight excluding hydrogens is 500 g/mol. The third-order valence-electron chi connectivity index (χ3n) is 0. The van der Waals surface area contributed by atoms with Gasteiger partial charge in [0.1, 0.15) is 0 Å². The Kier molecular flexibility index (Phi) is 9530. The van der Waals surface area contributed by atoms with Gasteiger partial charge in [-0.05, 0) is 0 Å². The predicted molar refractivity (Wildman–Crippen MR) is 83.5 cm³/mol. The van der Waals surface area contributed by atoms with E-state index < -0.39 is 7.82 Å². The molecular formula is H42Na3O25P. The van der Waals surface area contributed by atoms with Gasteiger partial charge < -0.3 is 134 Å². The van der Waals surface area contributed by atoms with E-state index in [2.05, 4.69) is 0 Å². The summed E-state index contributed by atoms with van der Waals surface area (Å²) in [6.07, 6.45) is 0. The molecule has 0 aliphatic carbocycles. The van der Waals surface area contributed by atoms with Crippen LogP contribution in [0.2, 0.25) is 0 Å². The summed E-state index contributed by atoms with van der Waals surface area (Å²) in [6.45, 7) is 0. The summed E-state index contributed by atoms with van der Waals surface area (Å²) in [7, 11) is -5.39. The van der Waals surface area contributed by atoms with Gasteiger partial charge in [-0.15, -0.1) is 0 Å². The number of hydrogen-bond donors (Lipinski definition) is 0. The van der Waals surface area contributed by atoms with Gasteiger partial charge in [0.2, 0.25) is 0 Å². The first-order chi connectivity index (χ1) is 2.00. The van der Waals surface area contributed by atoms with Crippen molar-refractivity contribution in [2.24, 2.45) is 0 Å². The maximum Gasteiger partial charge on any atom is 1.00 e. The van der Waals surface area contributed by atoms with Gasteiger partial charge in [0.05, 0.1) is 0 Å². The minimum atomic E-state index is -5.39. The zero-order valence-electron chi connectivity index (χ0n) is 15.6. The van der Waals surface area contributed by atoms with E-state index in [0.717, 1.165) is 0 Å². The van der Waals surface area contributed by atoms with Crippen molar-refractivity contribution in [3.05, 3.63) is 0 Å². The van der Waals surface area contributed by atoms with E-state index in [1.165, 1.54) is 0 Å². The third kappa shape index (κ3) is 4690. The molecule has 29 heteroatoms. The Morgan fingerprint density at radius 1 is 0.276 bits per heavy atom. The second-order valence-electron chi connectivity index (χ2n) is 0.447. The first-order valence-electron chi connectivity index (χ1n) is 0.730. The van der Waals surface area contributed by atoms with Crippen molar-refractivity contribution >= 4 is 7.82 Å². The molecule has 0 unspecified atom stereocenters. The molecule has 0 saturated carbocycles. The Labute approximate surface area is 229 Å². The molecule has 0 heterocycles. The molecule has 0 bridgehead atoms. The molecule has 200 valence electrons. The number of hydrogen-bond acceptors (Lipinski definition) is 4. The Hall–Kier alpha value is 2.27. The fourth-order valence-electron chi connectivity index (χ4n) is 0. The topological polar surface area (TPSA) is 748 Å². The Balaban J connectivity index is -0.000000000290. The third-order valence-corrected chi connectivity index (χ3v) is 0. The molecule has 0 spiro atoms. The van der Waals surface area contributed by atoms with E-state index in [9.17, 15) is 0 Å². The molecule has 0 aromatic rings. The maximum absolute atomic E-state index is 8.55. The standard InChI is InChI=1S/3Na.H3O4P.21H2O/c;;;1-5(2,3)4;;;;;;;;;;;;;;;;;;;;;/h;;;(H3,1,2,3,4);21*1H2/q3*+1;;;;;;;;;;;;;;;;;;;;;;/p-3. The van der Waals surface area contributed by atoms with Crippen LogP contribution in [0.3, 0.4) is 0 Å². The predicted octanol–water partition coefficient (Wildman–Crippen LogP) is -29.1. The maximum atomic E-state index is 8.55. The first kappa shape index (κ1) is 729. The quantitative estimate of drug-likeness (QED) is 0.212. The van der Waals surface area contributed by atoms with Gasteiger partial charge in [-0.25, -0.2) is 0 Å². The number of phosphoric acid groups is 1. The van der Waals surface area contributed by atoms with E-state index in [1.54, 1.807) is 0 Å². The van der Waals surface area contributed by atoms with E-state index in [0.29, 0.717) is 0 Å². The largest absolute Gasteiger partial charge is 1.00 e. The molecule has 0 fully saturated rings. The molecule has 0 saturated heterocycles. The molecule has 0 aromatic carbocycles. The van der Waals surface area contributed by atoms with Crippen LogP contribution in [0.15, 0.2) is 0 Å². The van der Waals surface area contributed by atoms with Crippen LogP contribution >= 0.6 is 7.82 Å². The second-order valence-corrected chi connectivity index (χ2v) is 1.34. The van der Waals surface area contributed by atoms with Gasteiger partial charge in [0, 0.05) is 0 Å². The van der Waals surface area contributed by atoms with E-state index in [1.807, 2.05) is 0 Å². The van der Waals surface area contributed by atoms with Crippen molar-refractivity contribution in [2.75, 3.05) is 0 Å². The van der Waals surface area contributed by atoms with E-state index >= 15 is 0 Å². The molecule has 0 aliphatic heterocycles. The fourth-order valence-corrected chi connectivity index (χ4v) is 0. The second kappa shape index (κ2) is 379. The molecule has 42 N–H and O–H groups in total. The summed E-state index contributed by atoms with van der Waals surface area (Å²) in [6, 6.07) is 0. The van der Waals surface area contributed by atoms with Crippen LogP contribution in [0.5, 0.6) is 0 Å². The average Bonchev–Trinajstić information content (AvgIpc) is 0.722. The minimum absolute atomic E-state index is 0. The summed E-state index contributed by atoms with van der Waals surface area (Å²) in [5.74, 6) is 0. The fraction of sp³-hybridized carbons (Fsp3) is 0. The molecule has 29 heavy (non-hydrogen) atoms. The summed E-state index contributed by atoms with van der Waals surface area (Å²) in [5, 5.41) is 0. The van der Waals surface area contributed by atoms with Gasteiger partial charge in [-0.3, -0.25) is 0 Å². The number of rotatable bonds is 0. The van der Waals surface area contributed by atoms with Crippen LogP contribution in [0.4, 0.5) is 0 Å². The normalized spacial score (nSPS) is 2.03. The van der Waals surface area contributed by atoms with Crippen molar-refractivity contribution in [1.29, 1.82) is 0 Å². The Morgan fingerprint density at radius 3 is 0.276 bits per heavy atom. The van der Waals surface area contributed by atoms with Crippen LogP contribution in [-0.4, -0.2) is 115 Å². The molecule has 0 aliphatic rings. The van der Waals surface area contributed by atoms with Gasteiger partial charge in [0.15, 0.2) is 0 Å². The van der Waals surface area contributed by atoms with Crippen molar-refractivity contribution < 1.29 is 223 Å². The monoisotopic (exact) mass is 542 g/mol. The van der Waals surface area contributed by atoms with E-state index in [4.69, 9.17) is 19.2 Å².